The van der Waals surface area contributed by atoms with Gasteiger partial charge in [0.05, 0.1) is 12.2 Å². The van der Waals surface area contributed by atoms with E-state index >= 15 is 0 Å². The molecule has 0 aliphatic carbocycles. The van der Waals surface area contributed by atoms with Crippen LogP contribution >= 0.6 is 0 Å². The lowest BCUT2D eigenvalue weighted by Crippen LogP contribution is -2.35. The minimum absolute atomic E-state index is 0.200. The maximum Gasteiger partial charge on any atom is 0.414 e. The zero-order chi connectivity index (χ0) is 16.6. The van der Waals surface area contributed by atoms with Crippen LogP contribution in [0.15, 0.2) is 22.7 Å². The van der Waals surface area contributed by atoms with Crippen molar-refractivity contribution < 1.29 is 14.1 Å². The number of rotatable bonds is 2. The third kappa shape index (κ3) is 3.05. The number of benzene rings is 1. The van der Waals surface area contributed by atoms with Gasteiger partial charge < -0.3 is 15.0 Å². The van der Waals surface area contributed by atoms with Crippen molar-refractivity contribution in [3.05, 3.63) is 29.7 Å². The molecular weight excluding hydrogens is 296 g/mol. The van der Waals surface area contributed by atoms with Crippen LogP contribution in [0.2, 0.25) is 0 Å². The van der Waals surface area contributed by atoms with Gasteiger partial charge in [-0.15, -0.1) is 0 Å². The zero-order valence-corrected chi connectivity index (χ0v) is 13.5. The standard InChI is InChI=1S/C16H20N4O3/c1-16(2,3)22-15(21)20-8-7-10-11(5-4-6-12(10)20)14-18-13(9-17)23-19-14/h4-6H,7-9,17H2,1-3H3. The third-order valence-electron chi connectivity index (χ3n) is 3.52. The summed E-state index contributed by atoms with van der Waals surface area (Å²) in [7, 11) is 0. The fourth-order valence-electron chi connectivity index (χ4n) is 2.60. The number of hydrogen-bond donors (Lipinski definition) is 1. The van der Waals surface area contributed by atoms with Gasteiger partial charge in [-0.25, -0.2) is 4.79 Å². The van der Waals surface area contributed by atoms with E-state index < -0.39 is 5.60 Å². The number of ether oxygens (including phenoxy) is 1. The highest BCUT2D eigenvalue weighted by Crippen LogP contribution is 2.35. The highest BCUT2D eigenvalue weighted by Gasteiger charge is 2.31. The monoisotopic (exact) mass is 316 g/mol. The van der Waals surface area contributed by atoms with Gasteiger partial charge in [-0.2, -0.15) is 4.98 Å². The average Bonchev–Trinajstić information content (AvgIpc) is 3.11. The van der Waals surface area contributed by atoms with E-state index in [1.165, 1.54) is 0 Å². The molecule has 0 atom stereocenters. The molecule has 2 heterocycles. The van der Waals surface area contributed by atoms with Crippen molar-refractivity contribution in [2.75, 3.05) is 11.4 Å². The zero-order valence-electron chi connectivity index (χ0n) is 13.5. The number of hydrogen-bond acceptors (Lipinski definition) is 6. The third-order valence-corrected chi connectivity index (χ3v) is 3.52. The summed E-state index contributed by atoms with van der Waals surface area (Å²) in [6.45, 7) is 6.33. The summed E-state index contributed by atoms with van der Waals surface area (Å²) in [6.07, 6.45) is 0.376. The van der Waals surface area contributed by atoms with E-state index in [2.05, 4.69) is 10.1 Å². The van der Waals surface area contributed by atoms with Crippen LogP contribution in [0.5, 0.6) is 0 Å². The van der Waals surface area contributed by atoms with Crippen LogP contribution in [-0.4, -0.2) is 28.4 Å². The van der Waals surface area contributed by atoms with Crippen LogP contribution in [0.3, 0.4) is 0 Å². The van der Waals surface area contributed by atoms with Gasteiger partial charge in [0.25, 0.3) is 0 Å². The quantitative estimate of drug-likeness (QED) is 0.914. The molecule has 0 saturated heterocycles. The predicted molar refractivity (Wildman–Crippen MR) is 84.9 cm³/mol. The van der Waals surface area contributed by atoms with E-state index in [0.29, 0.717) is 18.3 Å². The Balaban J connectivity index is 1.93. The van der Waals surface area contributed by atoms with Crippen LogP contribution in [0.1, 0.15) is 32.2 Å². The molecule has 0 fully saturated rings. The van der Waals surface area contributed by atoms with E-state index in [0.717, 1.165) is 23.2 Å². The van der Waals surface area contributed by atoms with Crippen molar-refractivity contribution in [2.24, 2.45) is 5.73 Å². The van der Waals surface area contributed by atoms with Crippen molar-refractivity contribution >= 4 is 11.8 Å². The number of fused-ring (bicyclic) bond motifs is 1. The van der Waals surface area contributed by atoms with Crippen molar-refractivity contribution in [1.82, 2.24) is 10.1 Å². The summed E-state index contributed by atoms with van der Waals surface area (Å²) in [5.74, 6) is 0.882. The number of nitrogens with two attached hydrogens (primary N) is 1. The lowest BCUT2D eigenvalue weighted by Gasteiger charge is -2.24. The Morgan fingerprint density at radius 3 is 2.87 bits per heavy atom. The summed E-state index contributed by atoms with van der Waals surface area (Å²) >= 11 is 0. The molecule has 1 aromatic carbocycles. The topological polar surface area (TPSA) is 94.5 Å². The van der Waals surface area contributed by atoms with Gasteiger partial charge >= 0.3 is 6.09 Å². The van der Waals surface area contributed by atoms with Crippen molar-refractivity contribution in [2.45, 2.75) is 39.3 Å². The number of amides is 1. The molecule has 0 bridgehead atoms. The second-order valence-corrected chi connectivity index (χ2v) is 6.40. The fourth-order valence-corrected chi connectivity index (χ4v) is 2.60. The van der Waals surface area contributed by atoms with Crippen LogP contribution in [0.4, 0.5) is 10.5 Å². The molecule has 1 aliphatic rings. The average molecular weight is 316 g/mol. The number of carbonyl (C=O) groups is 1. The molecule has 1 aromatic heterocycles. The van der Waals surface area contributed by atoms with Crippen molar-refractivity contribution in [3.8, 4) is 11.4 Å². The second kappa shape index (κ2) is 5.66. The number of nitrogens with zero attached hydrogens (tertiary/aromatic N) is 3. The normalized spacial score (nSPS) is 14.0. The molecular formula is C16H20N4O3. The summed E-state index contributed by atoms with van der Waals surface area (Å²) in [5, 5.41) is 3.96. The summed E-state index contributed by atoms with van der Waals surface area (Å²) in [6, 6.07) is 5.69. The maximum absolute atomic E-state index is 12.4. The van der Waals surface area contributed by atoms with Crippen LogP contribution in [-0.2, 0) is 17.7 Å². The van der Waals surface area contributed by atoms with Gasteiger partial charge in [-0.05, 0) is 38.8 Å². The summed E-state index contributed by atoms with van der Waals surface area (Å²) in [4.78, 5) is 18.3. The maximum atomic E-state index is 12.4. The van der Waals surface area contributed by atoms with E-state index in [-0.39, 0.29) is 12.6 Å². The summed E-state index contributed by atoms with van der Waals surface area (Å²) in [5.41, 5.74) is 7.69. The predicted octanol–water partition coefficient (Wildman–Crippen LogP) is 2.49. The molecule has 7 nitrogen and oxygen atoms in total. The highest BCUT2D eigenvalue weighted by molar-refractivity contribution is 5.92. The molecule has 1 amide bonds. The molecule has 0 radical (unpaired) electrons. The number of anilines is 1. The van der Waals surface area contributed by atoms with Gasteiger partial charge in [0.2, 0.25) is 11.7 Å². The van der Waals surface area contributed by atoms with Crippen molar-refractivity contribution in [1.29, 1.82) is 0 Å². The Labute approximate surface area is 134 Å². The Morgan fingerprint density at radius 1 is 1.43 bits per heavy atom. The van der Waals surface area contributed by atoms with E-state index in [1.807, 2.05) is 39.0 Å². The molecule has 0 spiro atoms. The minimum Gasteiger partial charge on any atom is -0.443 e. The molecule has 7 heteroatoms. The molecule has 2 aromatic rings. The molecule has 0 unspecified atom stereocenters. The highest BCUT2D eigenvalue weighted by atomic mass is 16.6. The first-order valence-corrected chi connectivity index (χ1v) is 7.54. The van der Waals surface area contributed by atoms with Crippen LogP contribution in [0, 0.1) is 0 Å². The molecule has 3 rings (SSSR count). The van der Waals surface area contributed by atoms with Gasteiger partial charge in [0, 0.05) is 12.1 Å². The lowest BCUT2D eigenvalue weighted by molar-refractivity contribution is 0.0584. The van der Waals surface area contributed by atoms with E-state index in [9.17, 15) is 4.79 Å². The first-order chi connectivity index (χ1) is 10.9. The Morgan fingerprint density at radius 2 is 2.22 bits per heavy atom. The lowest BCUT2D eigenvalue weighted by atomic mass is 10.0. The van der Waals surface area contributed by atoms with E-state index in [4.69, 9.17) is 15.0 Å². The van der Waals surface area contributed by atoms with Crippen LogP contribution in [0.25, 0.3) is 11.4 Å². The van der Waals surface area contributed by atoms with E-state index in [1.54, 1.807) is 4.90 Å². The molecule has 122 valence electrons. The van der Waals surface area contributed by atoms with Gasteiger partial charge in [0.15, 0.2) is 0 Å². The summed E-state index contributed by atoms with van der Waals surface area (Å²) < 4.78 is 10.5. The van der Waals surface area contributed by atoms with Gasteiger partial charge in [-0.3, -0.25) is 4.90 Å². The molecule has 23 heavy (non-hydrogen) atoms. The number of carbonyl (C=O) groups excluding carboxylic acids is 1. The molecule has 2 N–H and O–H groups in total. The fraction of sp³-hybridized carbons (Fsp3) is 0.438. The second-order valence-electron chi connectivity index (χ2n) is 6.40. The first-order valence-electron chi connectivity index (χ1n) is 7.54. The smallest absolute Gasteiger partial charge is 0.414 e. The SMILES string of the molecule is CC(C)(C)OC(=O)N1CCc2c(-c3noc(CN)n3)cccc21. The Kier molecular flexibility index (Phi) is 3.81. The molecule has 0 saturated carbocycles. The Bertz CT molecular complexity index is 733. The molecule has 1 aliphatic heterocycles. The minimum atomic E-state index is -0.527. The van der Waals surface area contributed by atoms with Gasteiger partial charge in [0.1, 0.15) is 5.60 Å². The van der Waals surface area contributed by atoms with Crippen molar-refractivity contribution in [3.63, 3.8) is 0 Å². The number of aromatic nitrogens is 2. The largest absolute Gasteiger partial charge is 0.443 e. The van der Waals surface area contributed by atoms with Gasteiger partial charge in [-0.1, -0.05) is 17.3 Å². The van der Waals surface area contributed by atoms with Crippen LogP contribution < -0.4 is 10.6 Å². The first kappa shape index (κ1) is 15.5. The Hall–Kier alpha value is -2.41.